The van der Waals surface area contributed by atoms with E-state index in [2.05, 4.69) is 16.0 Å². The van der Waals surface area contributed by atoms with Crippen LogP contribution in [-0.4, -0.2) is 39.7 Å². The Morgan fingerprint density at radius 3 is 2.61 bits per heavy atom. The summed E-state index contributed by atoms with van der Waals surface area (Å²) in [5, 5.41) is 9.86. The lowest BCUT2D eigenvalue weighted by Gasteiger charge is -2.41. The van der Waals surface area contributed by atoms with E-state index in [9.17, 15) is 5.11 Å². The van der Waals surface area contributed by atoms with Crippen molar-refractivity contribution in [3.8, 4) is 0 Å². The van der Waals surface area contributed by atoms with E-state index in [1.807, 2.05) is 18.3 Å². The monoisotopic (exact) mass is 247 g/mol. The second-order valence-electron chi connectivity index (χ2n) is 5.46. The third-order valence-electron chi connectivity index (χ3n) is 4.38. The average molecular weight is 247 g/mol. The van der Waals surface area contributed by atoms with E-state index in [1.54, 1.807) is 0 Å². The van der Waals surface area contributed by atoms with Gasteiger partial charge in [-0.25, -0.2) is 0 Å². The number of pyridine rings is 1. The summed E-state index contributed by atoms with van der Waals surface area (Å²) in [5.74, 6) is 0. The predicted octanol–water partition coefficient (Wildman–Crippen LogP) is 1.07. The zero-order chi connectivity index (χ0) is 12.5. The highest BCUT2D eigenvalue weighted by atomic mass is 16.3. The molecule has 3 atom stereocenters. The fourth-order valence-corrected chi connectivity index (χ4v) is 3.66. The number of hydrogen-bond acceptors (Lipinski definition) is 4. The molecule has 4 nitrogen and oxygen atoms in total. The minimum Gasteiger partial charge on any atom is -0.393 e. The van der Waals surface area contributed by atoms with Crippen molar-refractivity contribution in [2.45, 2.75) is 49.9 Å². The van der Waals surface area contributed by atoms with Crippen molar-refractivity contribution < 1.29 is 5.11 Å². The molecule has 0 amide bonds. The summed E-state index contributed by atoms with van der Waals surface area (Å²) >= 11 is 0. The maximum Gasteiger partial charge on any atom is 0.0649 e. The van der Waals surface area contributed by atoms with Crippen LogP contribution in [0.2, 0.25) is 0 Å². The largest absolute Gasteiger partial charge is 0.393 e. The lowest BCUT2D eigenvalue weighted by Crippen LogP contribution is -2.48. The maximum atomic E-state index is 9.86. The molecule has 1 aromatic rings. The van der Waals surface area contributed by atoms with Gasteiger partial charge >= 0.3 is 0 Å². The van der Waals surface area contributed by atoms with Crippen molar-refractivity contribution >= 4 is 0 Å². The van der Waals surface area contributed by atoms with Crippen molar-refractivity contribution in [2.24, 2.45) is 5.73 Å². The smallest absolute Gasteiger partial charge is 0.0649 e. The first-order chi connectivity index (χ1) is 8.79. The molecule has 98 valence electrons. The molecule has 4 heteroatoms. The van der Waals surface area contributed by atoms with Crippen LogP contribution in [0, 0.1) is 0 Å². The summed E-state index contributed by atoms with van der Waals surface area (Å²) in [6.07, 6.45) is 5.86. The number of hydrogen-bond donors (Lipinski definition) is 2. The number of nitrogens with two attached hydrogens (primary N) is 1. The Balaban J connectivity index is 1.85. The molecule has 18 heavy (non-hydrogen) atoms. The molecule has 2 bridgehead atoms. The second kappa shape index (κ2) is 4.96. The van der Waals surface area contributed by atoms with Gasteiger partial charge in [-0.3, -0.25) is 9.88 Å². The number of aliphatic hydroxyl groups is 1. The van der Waals surface area contributed by atoms with E-state index >= 15 is 0 Å². The van der Waals surface area contributed by atoms with Crippen LogP contribution in [0.15, 0.2) is 24.4 Å². The Morgan fingerprint density at radius 1 is 1.33 bits per heavy atom. The lowest BCUT2D eigenvalue weighted by atomic mass is 9.96. The van der Waals surface area contributed by atoms with E-state index in [1.165, 1.54) is 12.8 Å². The lowest BCUT2D eigenvalue weighted by molar-refractivity contribution is 0.0105. The summed E-state index contributed by atoms with van der Waals surface area (Å²) in [5.41, 5.74) is 7.04. The molecule has 0 aromatic carbocycles. The van der Waals surface area contributed by atoms with Gasteiger partial charge in [0.1, 0.15) is 0 Å². The van der Waals surface area contributed by atoms with Gasteiger partial charge in [-0.1, -0.05) is 6.07 Å². The van der Waals surface area contributed by atoms with Gasteiger partial charge in [0.2, 0.25) is 0 Å². The van der Waals surface area contributed by atoms with E-state index in [0.717, 1.165) is 18.5 Å². The van der Waals surface area contributed by atoms with E-state index in [-0.39, 0.29) is 12.1 Å². The molecular formula is C14H21N3O. The number of fused-ring (bicyclic) bond motifs is 2. The minimum absolute atomic E-state index is 0.124. The summed E-state index contributed by atoms with van der Waals surface area (Å²) in [6.45, 7) is 0.597. The molecule has 3 heterocycles. The highest BCUT2D eigenvalue weighted by Crippen LogP contribution is 2.40. The van der Waals surface area contributed by atoms with Crippen LogP contribution in [-0.2, 0) is 0 Å². The molecule has 2 aliphatic rings. The van der Waals surface area contributed by atoms with Gasteiger partial charge in [-0.15, -0.1) is 0 Å². The van der Waals surface area contributed by atoms with Crippen molar-refractivity contribution in [3.63, 3.8) is 0 Å². The number of piperidine rings is 1. The van der Waals surface area contributed by atoms with Crippen LogP contribution in [0.25, 0.3) is 0 Å². The van der Waals surface area contributed by atoms with Gasteiger partial charge < -0.3 is 10.8 Å². The maximum absolute atomic E-state index is 9.86. The molecule has 3 rings (SSSR count). The molecule has 0 spiro atoms. The fourth-order valence-electron chi connectivity index (χ4n) is 3.66. The van der Waals surface area contributed by atoms with E-state index < -0.39 is 0 Å². The zero-order valence-electron chi connectivity index (χ0n) is 10.6. The fraction of sp³-hybridized carbons (Fsp3) is 0.643. The van der Waals surface area contributed by atoms with Crippen molar-refractivity contribution in [2.75, 3.05) is 6.54 Å². The van der Waals surface area contributed by atoms with Crippen molar-refractivity contribution in [1.29, 1.82) is 0 Å². The van der Waals surface area contributed by atoms with Crippen LogP contribution in [0.1, 0.15) is 37.4 Å². The number of aliphatic hydroxyl groups excluding tert-OH is 1. The molecule has 1 aromatic heterocycles. The van der Waals surface area contributed by atoms with Crippen LogP contribution >= 0.6 is 0 Å². The number of nitrogens with zero attached hydrogens (tertiary/aromatic N) is 2. The molecule has 2 aliphatic heterocycles. The molecule has 2 saturated heterocycles. The molecule has 0 aliphatic carbocycles. The quantitative estimate of drug-likeness (QED) is 0.838. The van der Waals surface area contributed by atoms with Gasteiger partial charge in [0.05, 0.1) is 17.8 Å². The Kier molecular flexibility index (Phi) is 3.33. The molecular weight excluding hydrogens is 226 g/mol. The van der Waals surface area contributed by atoms with Crippen LogP contribution in [0.5, 0.6) is 0 Å². The topological polar surface area (TPSA) is 62.4 Å². The Labute approximate surface area is 108 Å². The third-order valence-corrected chi connectivity index (χ3v) is 4.38. The summed E-state index contributed by atoms with van der Waals surface area (Å²) in [7, 11) is 0. The van der Waals surface area contributed by atoms with Crippen molar-refractivity contribution in [3.05, 3.63) is 30.1 Å². The summed E-state index contributed by atoms with van der Waals surface area (Å²) in [4.78, 5) is 6.97. The van der Waals surface area contributed by atoms with Crippen LogP contribution in [0.3, 0.4) is 0 Å². The molecule has 3 unspecified atom stereocenters. The SMILES string of the molecule is NCC(c1ccccn1)N1C2CCC1CC(O)C2. The van der Waals surface area contributed by atoms with Crippen LogP contribution in [0.4, 0.5) is 0 Å². The Morgan fingerprint density at radius 2 is 2.06 bits per heavy atom. The highest BCUT2D eigenvalue weighted by Gasteiger charge is 2.43. The van der Waals surface area contributed by atoms with E-state index in [4.69, 9.17) is 5.73 Å². The first-order valence-corrected chi connectivity index (χ1v) is 6.86. The van der Waals surface area contributed by atoms with Crippen molar-refractivity contribution in [1.82, 2.24) is 9.88 Å². The predicted molar refractivity (Wildman–Crippen MR) is 69.9 cm³/mol. The average Bonchev–Trinajstić information content (AvgIpc) is 2.65. The highest BCUT2D eigenvalue weighted by molar-refractivity contribution is 5.12. The first-order valence-electron chi connectivity index (χ1n) is 6.86. The van der Waals surface area contributed by atoms with Gasteiger partial charge in [0.15, 0.2) is 0 Å². The summed E-state index contributed by atoms with van der Waals surface area (Å²) in [6, 6.07) is 7.18. The third kappa shape index (κ3) is 2.05. The van der Waals surface area contributed by atoms with E-state index in [0.29, 0.717) is 18.6 Å². The second-order valence-corrected chi connectivity index (χ2v) is 5.46. The molecule has 2 fully saturated rings. The van der Waals surface area contributed by atoms with Crippen LogP contribution < -0.4 is 5.73 Å². The first kappa shape index (κ1) is 12.1. The van der Waals surface area contributed by atoms with Gasteiger partial charge in [0, 0.05) is 24.8 Å². The summed E-state index contributed by atoms with van der Waals surface area (Å²) < 4.78 is 0. The molecule has 0 radical (unpaired) electrons. The van der Waals surface area contributed by atoms with Gasteiger partial charge in [-0.2, -0.15) is 0 Å². The zero-order valence-corrected chi connectivity index (χ0v) is 10.6. The number of aromatic nitrogens is 1. The Hall–Kier alpha value is -0.970. The number of rotatable bonds is 3. The standard InChI is InChI=1S/C14H21N3O/c15-9-14(13-3-1-2-6-16-13)17-10-4-5-11(17)8-12(18)7-10/h1-3,6,10-12,14,18H,4-5,7-9,15H2. The Bertz CT molecular complexity index is 383. The normalized spacial score (nSPS) is 33.6. The molecule has 0 saturated carbocycles. The minimum atomic E-state index is -0.124. The van der Waals surface area contributed by atoms with Gasteiger partial charge in [0.25, 0.3) is 0 Å². The van der Waals surface area contributed by atoms with Gasteiger partial charge in [-0.05, 0) is 37.8 Å². The molecule has 3 N–H and O–H groups in total.